The molecule has 0 saturated carbocycles. The van der Waals surface area contributed by atoms with Gasteiger partial charge in [-0.1, -0.05) is 13.8 Å². The van der Waals surface area contributed by atoms with Crippen molar-refractivity contribution in [3.05, 3.63) is 29.1 Å². The summed E-state index contributed by atoms with van der Waals surface area (Å²) in [6.07, 6.45) is 0.449. The molecule has 0 saturated heterocycles. The maximum atomic E-state index is 13.5. The van der Waals surface area contributed by atoms with Crippen LogP contribution in [0.15, 0.2) is 12.1 Å². The van der Waals surface area contributed by atoms with Gasteiger partial charge in [0, 0.05) is 11.0 Å². The zero-order valence-electron chi connectivity index (χ0n) is 9.06. The van der Waals surface area contributed by atoms with Crippen molar-refractivity contribution in [1.82, 2.24) is 0 Å². The Morgan fingerprint density at radius 3 is 2.67 bits per heavy atom. The molecule has 1 aliphatic carbocycles. The second-order valence-corrected chi connectivity index (χ2v) is 4.49. The molecule has 0 fully saturated rings. The van der Waals surface area contributed by atoms with Gasteiger partial charge in [-0.05, 0) is 18.6 Å². The number of rotatable bonds is 1. The molecule has 2 nitrogen and oxygen atoms in total. The first-order chi connectivity index (χ1) is 6.97. The van der Waals surface area contributed by atoms with Gasteiger partial charge in [-0.2, -0.15) is 0 Å². The molecule has 0 radical (unpaired) electrons. The standard InChI is InChI=1S/C12H13FO2/c1-12(2)6-7-8(13)4-5-9(15-3)10(7)11(12)14/h4-5H,6H2,1-3H3. The molecular formula is C12H13FO2. The summed E-state index contributed by atoms with van der Waals surface area (Å²) in [4.78, 5) is 12.0. The van der Waals surface area contributed by atoms with Crippen LogP contribution in [-0.4, -0.2) is 12.9 Å². The molecule has 80 valence electrons. The van der Waals surface area contributed by atoms with Crippen LogP contribution in [0.1, 0.15) is 29.8 Å². The lowest BCUT2D eigenvalue weighted by atomic mass is 9.89. The van der Waals surface area contributed by atoms with Gasteiger partial charge in [0.1, 0.15) is 11.6 Å². The van der Waals surface area contributed by atoms with E-state index in [1.165, 1.54) is 19.2 Å². The number of methoxy groups -OCH3 is 1. The van der Waals surface area contributed by atoms with Gasteiger partial charge < -0.3 is 4.74 Å². The topological polar surface area (TPSA) is 26.3 Å². The van der Waals surface area contributed by atoms with Crippen molar-refractivity contribution < 1.29 is 13.9 Å². The van der Waals surface area contributed by atoms with Gasteiger partial charge in [-0.15, -0.1) is 0 Å². The number of hydrogen-bond acceptors (Lipinski definition) is 2. The summed E-state index contributed by atoms with van der Waals surface area (Å²) < 4.78 is 18.6. The molecule has 0 unspecified atom stereocenters. The fourth-order valence-electron chi connectivity index (χ4n) is 2.05. The predicted octanol–water partition coefficient (Wildman–Crippen LogP) is 2.60. The molecule has 3 heteroatoms. The number of carbonyl (C=O) groups excluding carboxylic acids is 1. The molecule has 2 rings (SSSR count). The van der Waals surface area contributed by atoms with Crippen LogP contribution in [0.2, 0.25) is 0 Å². The zero-order chi connectivity index (χ0) is 11.2. The van der Waals surface area contributed by atoms with E-state index in [0.717, 1.165) is 0 Å². The van der Waals surface area contributed by atoms with Gasteiger partial charge in [0.2, 0.25) is 0 Å². The van der Waals surface area contributed by atoms with Crippen molar-refractivity contribution in [2.24, 2.45) is 5.41 Å². The highest BCUT2D eigenvalue weighted by Gasteiger charge is 2.41. The van der Waals surface area contributed by atoms with Crippen molar-refractivity contribution in [1.29, 1.82) is 0 Å². The molecule has 0 bridgehead atoms. The average molecular weight is 208 g/mol. The van der Waals surface area contributed by atoms with E-state index in [1.807, 2.05) is 13.8 Å². The predicted molar refractivity (Wildman–Crippen MR) is 54.8 cm³/mol. The van der Waals surface area contributed by atoms with E-state index in [-0.39, 0.29) is 11.6 Å². The first kappa shape index (κ1) is 10.1. The van der Waals surface area contributed by atoms with Gasteiger partial charge >= 0.3 is 0 Å². The zero-order valence-corrected chi connectivity index (χ0v) is 9.06. The van der Waals surface area contributed by atoms with Crippen molar-refractivity contribution in [3.63, 3.8) is 0 Å². The fourth-order valence-corrected chi connectivity index (χ4v) is 2.05. The molecule has 0 atom stereocenters. The third-order valence-electron chi connectivity index (χ3n) is 2.90. The molecule has 1 aliphatic rings. The van der Waals surface area contributed by atoms with Crippen LogP contribution in [0.4, 0.5) is 4.39 Å². The maximum absolute atomic E-state index is 13.5. The van der Waals surface area contributed by atoms with Crippen molar-refractivity contribution in [3.8, 4) is 5.75 Å². The van der Waals surface area contributed by atoms with Crippen LogP contribution in [0, 0.1) is 11.2 Å². The Labute approximate surface area is 88.1 Å². The van der Waals surface area contributed by atoms with E-state index in [2.05, 4.69) is 0 Å². The molecule has 0 heterocycles. The minimum Gasteiger partial charge on any atom is -0.496 e. The van der Waals surface area contributed by atoms with Crippen LogP contribution in [-0.2, 0) is 6.42 Å². The number of fused-ring (bicyclic) bond motifs is 1. The van der Waals surface area contributed by atoms with Crippen LogP contribution in [0.5, 0.6) is 5.75 Å². The van der Waals surface area contributed by atoms with Gasteiger partial charge in [0.05, 0.1) is 12.7 Å². The molecule has 15 heavy (non-hydrogen) atoms. The van der Waals surface area contributed by atoms with E-state index in [0.29, 0.717) is 23.3 Å². The van der Waals surface area contributed by atoms with Gasteiger partial charge in [0.15, 0.2) is 5.78 Å². The first-order valence-electron chi connectivity index (χ1n) is 4.87. The third-order valence-corrected chi connectivity index (χ3v) is 2.90. The number of halogens is 1. The monoisotopic (exact) mass is 208 g/mol. The maximum Gasteiger partial charge on any atom is 0.172 e. The Bertz CT molecular complexity index is 435. The highest BCUT2D eigenvalue weighted by atomic mass is 19.1. The van der Waals surface area contributed by atoms with Crippen molar-refractivity contribution in [2.75, 3.05) is 7.11 Å². The Morgan fingerprint density at radius 1 is 1.40 bits per heavy atom. The summed E-state index contributed by atoms with van der Waals surface area (Å²) in [6, 6.07) is 2.86. The Kier molecular flexibility index (Phi) is 2.07. The molecule has 0 aromatic heterocycles. The molecule has 0 amide bonds. The number of benzene rings is 1. The van der Waals surface area contributed by atoms with Crippen molar-refractivity contribution >= 4 is 5.78 Å². The highest BCUT2D eigenvalue weighted by molar-refractivity contribution is 6.06. The molecule has 0 aliphatic heterocycles. The largest absolute Gasteiger partial charge is 0.496 e. The number of ketones is 1. The number of ether oxygens (including phenoxy) is 1. The van der Waals surface area contributed by atoms with Crippen LogP contribution >= 0.6 is 0 Å². The van der Waals surface area contributed by atoms with E-state index in [1.54, 1.807) is 0 Å². The third kappa shape index (κ3) is 1.34. The lowest BCUT2D eigenvalue weighted by Gasteiger charge is -2.13. The van der Waals surface area contributed by atoms with E-state index >= 15 is 0 Å². The van der Waals surface area contributed by atoms with Crippen LogP contribution < -0.4 is 4.74 Å². The molecule has 1 aromatic rings. The minimum atomic E-state index is -0.516. The molecule has 0 N–H and O–H groups in total. The molecular weight excluding hydrogens is 195 g/mol. The van der Waals surface area contributed by atoms with E-state index in [9.17, 15) is 9.18 Å². The molecule has 0 spiro atoms. The summed E-state index contributed by atoms with van der Waals surface area (Å²) in [5.41, 5.74) is 0.393. The SMILES string of the molecule is COc1ccc(F)c2c1C(=O)C(C)(C)C2. The summed E-state index contributed by atoms with van der Waals surface area (Å²) >= 11 is 0. The van der Waals surface area contributed by atoms with Gasteiger partial charge in [-0.25, -0.2) is 4.39 Å². The minimum absolute atomic E-state index is 0.0335. The quantitative estimate of drug-likeness (QED) is 0.709. The fraction of sp³-hybridized carbons (Fsp3) is 0.417. The summed E-state index contributed by atoms with van der Waals surface area (Å²) in [7, 11) is 1.49. The van der Waals surface area contributed by atoms with E-state index < -0.39 is 5.41 Å². The summed E-state index contributed by atoms with van der Waals surface area (Å²) in [5, 5.41) is 0. The second kappa shape index (κ2) is 3.05. The van der Waals surface area contributed by atoms with Crippen LogP contribution in [0.25, 0.3) is 0 Å². The highest BCUT2D eigenvalue weighted by Crippen LogP contribution is 2.41. The Balaban J connectivity index is 2.67. The average Bonchev–Trinajstić information content (AvgIpc) is 2.42. The van der Waals surface area contributed by atoms with Gasteiger partial charge in [-0.3, -0.25) is 4.79 Å². The van der Waals surface area contributed by atoms with Crippen molar-refractivity contribution in [2.45, 2.75) is 20.3 Å². The first-order valence-corrected chi connectivity index (χ1v) is 4.87. The van der Waals surface area contributed by atoms with E-state index in [4.69, 9.17) is 4.74 Å². The number of carbonyl (C=O) groups is 1. The Hall–Kier alpha value is -1.38. The number of hydrogen-bond donors (Lipinski definition) is 0. The number of Topliss-reactive ketones (excluding diaryl/α,β-unsaturated/α-hetero) is 1. The summed E-state index contributed by atoms with van der Waals surface area (Å²) in [5.74, 6) is 0.126. The van der Waals surface area contributed by atoms with Crippen LogP contribution in [0.3, 0.4) is 0 Å². The lowest BCUT2D eigenvalue weighted by molar-refractivity contribution is 0.0861. The smallest absolute Gasteiger partial charge is 0.172 e. The normalized spacial score (nSPS) is 17.7. The lowest BCUT2D eigenvalue weighted by Crippen LogP contribution is -2.19. The second-order valence-electron chi connectivity index (χ2n) is 4.49. The molecule has 1 aromatic carbocycles. The summed E-state index contributed by atoms with van der Waals surface area (Å²) in [6.45, 7) is 3.66. The Morgan fingerprint density at radius 2 is 2.07 bits per heavy atom. The van der Waals surface area contributed by atoms with Gasteiger partial charge in [0.25, 0.3) is 0 Å².